The number of aliphatic hydroxyl groups excluding tert-OH is 2. The van der Waals surface area contributed by atoms with Crippen LogP contribution in [-0.2, 0) is 19.1 Å². The lowest BCUT2D eigenvalue weighted by atomic mass is 9.82. The van der Waals surface area contributed by atoms with E-state index in [-0.39, 0.29) is 43.4 Å². The molecular weight excluding hydrogens is 552 g/mol. The molecule has 0 bridgehead atoms. The Balaban J connectivity index is 1.72. The summed E-state index contributed by atoms with van der Waals surface area (Å²) in [4.78, 5) is 32.2. The molecule has 43 heavy (non-hydrogen) atoms. The van der Waals surface area contributed by atoms with Gasteiger partial charge in [0, 0.05) is 31.1 Å². The first kappa shape index (κ1) is 32.3. The summed E-state index contributed by atoms with van der Waals surface area (Å²) in [6.07, 6.45) is 1.81. The van der Waals surface area contributed by atoms with Crippen molar-refractivity contribution in [1.82, 2.24) is 5.32 Å². The lowest BCUT2D eigenvalue weighted by Crippen LogP contribution is -2.52. The number of methoxy groups -OCH3 is 1. The fourth-order valence-corrected chi connectivity index (χ4v) is 5.39. The third-order valence-corrected chi connectivity index (χ3v) is 7.59. The number of hydrogen-bond donors (Lipinski definition) is 3. The molecule has 1 heterocycles. The van der Waals surface area contributed by atoms with Crippen LogP contribution < -0.4 is 14.8 Å². The molecule has 0 unspecified atom stereocenters. The second kappa shape index (κ2) is 14.2. The Bertz CT molecular complexity index is 1260. The summed E-state index contributed by atoms with van der Waals surface area (Å²) in [6.45, 7) is 5.84. The van der Waals surface area contributed by atoms with Crippen molar-refractivity contribution < 1.29 is 38.7 Å². The van der Waals surface area contributed by atoms with Gasteiger partial charge in [0.25, 0.3) is 5.91 Å². The number of hydrogen-bond acceptors (Lipinski definition) is 9. The van der Waals surface area contributed by atoms with Crippen molar-refractivity contribution in [3.8, 4) is 11.5 Å². The number of aliphatic hydroxyl groups is 2. The van der Waals surface area contributed by atoms with Crippen LogP contribution in [0.4, 0.5) is 0 Å². The van der Waals surface area contributed by atoms with E-state index in [1.54, 1.807) is 52.1 Å². The van der Waals surface area contributed by atoms with E-state index in [0.29, 0.717) is 61.3 Å². The minimum atomic E-state index is -1.48. The minimum absolute atomic E-state index is 0.0449. The minimum Gasteiger partial charge on any atom is -0.497 e. The molecule has 1 fully saturated rings. The third-order valence-electron chi connectivity index (χ3n) is 7.59. The number of carbonyl (C=O) groups is 2. The number of nitrogens with zero attached hydrogens (tertiary/aromatic N) is 1. The number of rotatable bonds is 12. The third kappa shape index (κ3) is 8.48. The van der Waals surface area contributed by atoms with Crippen LogP contribution in [0.15, 0.2) is 53.5 Å². The van der Waals surface area contributed by atoms with Crippen LogP contribution in [0.2, 0.25) is 0 Å². The van der Waals surface area contributed by atoms with E-state index in [2.05, 4.69) is 5.32 Å². The molecule has 10 heteroatoms. The zero-order chi connectivity index (χ0) is 31.0. The van der Waals surface area contributed by atoms with Crippen LogP contribution in [0.25, 0.3) is 0 Å². The molecule has 2 atom stereocenters. The van der Waals surface area contributed by atoms with Crippen molar-refractivity contribution in [3.63, 3.8) is 0 Å². The highest BCUT2D eigenvalue weighted by atomic mass is 16.6. The standard InChI is InChI=1S/C33H44N2O8/c1-32(2,3)43-28(38)17-18-33(31(39)34-24-11-13-25(37)14-12-24)29(23-7-5-8-27(21-23)40-4)42-30(35-33)22-9-15-26(16-10-22)41-20-6-19-36/h5,7-10,15-16,21,24-25,29,36-37H,6,11-14,17-20H2,1-4H3,(H,34,39)/t24?,25?,29-,33-/m1/s1. The van der Waals surface area contributed by atoms with E-state index in [1.807, 2.05) is 24.3 Å². The number of benzene rings is 2. The molecule has 1 saturated carbocycles. The monoisotopic (exact) mass is 596 g/mol. The highest BCUT2D eigenvalue weighted by molar-refractivity contribution is 6.01. The zero-order valence-corrected chi connectivity index (χ0v) is 25.5. The van der Waals surface area contributed by atoms with Crippen molar-refractivity contribution in [2.75, 3.05) is 20.3 Å². The molecule has 2 aromatic carbocycles. The Kier molecular flexibility index (Phi) is 10.7. The number of aliphatic imine (C=N–C) groups is 1. The molecule has 4 rings (SSSR count). The molecule has 0 aromatic heterocycles. The summed E-state index contributed by atoms with van der Waals surface area (Å²) in [5.41, 5.74) is -0.829. The molecule has 2 aromatic rings. The van der Waals surface area contributed by atoms with E-state index in [0.717, 1.165) is 0 Å². The number of esters is 1. The Morgan fingerprint density at radius 2 is 1.79 bits per heavy atom. The maximum absolute atomic E-state index is 14.3. The lowest BCUT2D eigenvalue weighted by Gasteiger charge is -2.34. The molecule has 0 saturated heterocycles. The first-order chi connectivity index (χ1) is 20.5. The van der Waals surface area contributed by atoms with Gasteiger partial charge < -0.3 is 34.5 Å². The Morgan fingerprint density at radius 3 is 2.44 bits per heavy atom. The average molecular weight is 597 g/mol. The van der Waals surface area contributed by atoms with Gasteiger partial charge in [-0.2, -0.15) is 0 Å². The predicted molar refractivity (Wildman–Crippen MR) is 161 cm³/mol. The van der Waals surface area contributed by atoms with Gasteiger partial charge in [0.15, 0.2) is 11.6 Å². The molecule has 2 aliphatic rings. The average Bonchev–Trinajstić information content (AvgIpc) is 3.38. The summed E-state index contributed by atoms with van der Waals surface area (Å²) in [5, 5.41) is 22.2. The molecular formula is C33H44N2O8. The van der Waals surface area contributed by atoms with Crippen LogP contribution in [0, 0.1) is 0 Å². The van der Waals surface area contributed by atoms with Crippen molar-refractivity contribution >= 4 is 17.8 Å². The molecule has 0 radical (unpaired) electrons. The van der Waals surface area contributed by atoms with Gasteiger partial charge in [0.05, 0.1) is 19.8 Å². The van der Waals surface area contributed by atoms with Gasteiger partial charge in [-0.05, 0) is 94.8 Å². The van der Waals surface area contributed by atoms with Crippen molar-refractivity contribution in [2.45, 2.75) is 95.1 Å². The normalized spacial score (nSPS) is 23.6. The van der Waals surface area contributed by atoms with Gasteiger partial charge in [-0.25, -0.2) is 4.99 Å². The molecule has 1 amide bonds. The van der Waals surface area contributed by atoms with Gasteiger partial charge in [-0.3, -0.25) is 9.59 Å². The van der Waals surface area contributed by atoms with Crippen molar-refractivity contribution in [1.29, 1.82) is 0 Å². The topological polar surface area (TPSA) is 136 Å². The number of ether oxygens (including phenoxy) is 4. The Labute approximate surface area is 253 Å². The maximum Gasteiger partial charge on any atom is 0.306 e. The largest absolute Gasteiger partial charge is 0.497 e. The zero-order valence-electron chi connectivity index (χ0n) is 25.5. The summed E-state index contributed by atoms with van der Waals surface area (Å²) in [5.74, 6) is 0.727. The number of carbonyl (C=O) groups excluding carboxylic acids is 2. The smallest absolute Gasteiger partial charge is 0.306 e. The first-order valence-corrected chi connectivity index (χ1v) is 15.0. The van der Waals surface area contributed by atoms with E-state index < -0.39 is 23.2 Å². The molecule has 0 spiro atoms. The van der Waals surface area contributed by atoms with Crippen LogP contribution in [-0.4, -0.2) is 71.6 Å². The van der Waals surface area contributed by atoms with Crippen LogP contribution in [0.3, 0.4) is 0 Å². The van der Waals surface area contributed by atoms with E-state index in [4.69, 9.17) is 29.0 Å². The summed E-state index contributed by atoms with van der Waals surface area (Å²) < 4.78 is 23.2. The number of amides is 1. The van der Waals surface area contributed by atoms with E-state index >= 15 is 0 Å². The summed E-state index contributed by atoms with van der Waals surface area (Å²) >= 11 is 0. The SMILES string of the molecule is COc1cccc([C@H]2OC(c3ccc(OCCCO)cc3)=N[C@@]2(CCC(=O)OC(C)(C)C)C(=O)NC2CCC(O)CC2)c1. The highest BCUT2D eigenvalue weighted by Crippen LogP contribution is 2.44. The second-order valence-electron chi connectivity index (χ2n) is 12.1. The van der Waals surface area contributed by atoms with Crippen molar-refractivity contribution in [2.24, 2.45) is 4.99 Å². The van der Waals surface area contributed by atoms with Gasteiger partial charge in [-0.1, -0.05) is 12.1 Å². The van der Waals surface area contributed by atoms with Gasteiger partial charge in [-0.15, -0.1) is 0 Å². The van der Waals surface area contributed by atoms with Gasteiger partial charge in [0.2, 0.25) is 5.90 Å². The van der Waals surface area contributed by atoms with Gasteiger partial charge in [0.1, 0.15) is 17.1 Å². The molecule has 3 N–H and O–H groups in total. The second-order valence-corrected chi connectivity index (χ2v) is 12.1. The van der Waals surface area contributed by atoms with Crippen LogP contribution in [0.1, 0.15) is 82.9 Å². The Morgan fingerprint density at radius 1 is 1.07 bits per heavy atom. The highest BCUT2D eigenvalue weighted by Gasteiger charge is 2.54. The van der Waals surface area contributed by atoms with E-state index in [9.17, 15) is 14.7 Å². The number of nitrogens with one attached hydrogen (secondary N) is 1. The fourth-order valence-electron chi connectivity index (χ4n) is 5.39. The van der Waals surface area contributed by atoms with Crippen molar-refractivity contribution in [3.05, 3.63) is 59.7 Å². The van der Waals surface area contributed by atoms with E-state index in [1.165, 1.54) is 0 Å². The first-order valence-electron chi connectivity index (χ1n) is 15.0. The van der Waals surface area contributed by atoms with Gasteiger partial charge >= 0.3 is 5.97 Å². The molecule has 10 nitrogen and oxygen atoms in total. The summed E-state index contributed by atoms with van der Waals surface area (Å²) in [7, 11) is 1.57. The maximum atomic E-state index is 14.3. The Hall–Kier alpha value is -3.63. The lowest BCUT2D eigenvalue weighted by molar-refractivity contribution is -0.155. The molecule has 1 aliphatic heterocycles. The fraction of sp³-hybridized carbons (Fsp3) is 0.545. The molecule has 1 aliphatic carbocycles. The predicted octanol–water partition coefficient (Wildman–Crippen LogP) is 4.25. The van der Waals surface area contributed by atoms with Crippen LogP contribution >= 0.6 is 0 Å². The van der Waals surface area contributed by atoms with Crippen LogP contribution in [0.5, 0.6) is 11.5 Å². The molecule has 234 valence electrons. The quantitative estimate of drug-likeness (QED) is 0.244. The summed E-state index contributed by atoms with van der Waals surface area (Å²) in [6, 6.07) is 14.4.